The van der Waals surface area contributed by atoms with Crippen LogP contribution in [-0.4, -0.2) is 35.8 Å². The molecule has 0 radical (unpaired) electrons. The van der Waals surface area contributed by atoms with Crippen LogP contribution in [0.1, 0.15) is 13.8 Å². The van der Waals surface area contributed by atoms with Gasteiger partial charge in [-0.2, -0.15) is 0 Å². The lowest BCUT2D eigenvalue weighted by atomic mass is 10.2. The zero-order valence-corrected chi connectivity index (χ0v) is 6.76. The van der Waals surface area contributed by atoms with Crippen LogP contribution in [0.2, 0.25) is 0 Å². The molecule has 0 aliphatic carbocycles. The van der Waals surface area contributed by atoms with Gasteiger partial charge in [0.25, 0.3) is 0 Å². The summed E-state index contributed by atoms with van der Waals surface area (Å²) in [5, 5.41) is 2.88. The summed E-state index contributed by atoms with van der Waals surface area (Å²) in [7, 11) is 0. The number of hydrogen-bond donors (Lipinski definition) is 1. The Balaban J connectivity index is 2.59. The van der Waals surface area contributed by atoms with Crippen LogP contribution in [0.4, 0.5) is 0 Å². The van der Waals surface area contributed by atoms with Crippen molar-refractivity contribution in [2.45, 2.75) is 19.9 Å². The van der Waals surface area contributed by atoms with Gasteiger partial charge in [0.2, 0.25) is 5.91 Å². The van der Waals surface area contributed by atoms with Gasteiger partial charge in [-0.1, -0.05) is 0 Å². The lowest BCUT2D eigenvalue weighted by molar-refractivity contribution is -0.134. The van der Waals surface area contributed by atoms with E-state index >= 15 is 0 Å². The zero-order chi connectivity index (χ0) is 8.43. The van der Waals surface area contributed by atoms with E-state index in [0.29, 0.717) is 13.2 Å². The number of nitrogens with one attached hydrogen (secondary N) is 1. The predicted molar refractivity (Wildman–Crippen MR) is 39.9 cm³/mol. The average Bonchev–Trinajstić information content (AvgIpc) is 2.33. The maximum atomic E-state index is 11.0. The number of carbonyl (C=O) groups excluding carboxylic acids is 2. The number of ketones is 1. The molecule has 1 N–H and O–H groups in total. The van der Waals surface area contributed by atoms with E-state index in [-0.39, 0.29) is 17.7 Å². The zero-order valence-electron chi connectivity index (χ0n) is 6.76. The second-order valence-electron chi connectivity index (χ2n) is 2.74. The first-order valence-corrected chi connectivity index (χ1v) is 3.63. The van der Waals surface area contributed by atoms with Crippen LogP contribution in [0.25, 0.3) is 0 Å². The first-order chi connectivity index (χ1) is 5.13. The molecular formula is C7H12N2O2. The minimum absolute atomic E-state index is 0.00713. The van der Waals surface area contributed by atoms with Gasteiger partial charge in [-0.3, -0.25) is 14.9 Å². The molecule has 0 aromatic heterocycles. The smallest absolute Gasteiger partial charge is 0.238 e. The summed E-state index contributed by atoms with van der Waals surface area (Å²) >= 11 is 0. The number of amides is 1. The molecule has 4 nitrogen and oxygen atoms in total. The van der Waals surface area contributed by atoms with Crippen LogP contribution in [0.3, 0.4) is 0 Å². The number of carbonyl (C=O) groups is 2. The summed E-state index contributed by atoms with van der Waals surface area (Å²) in [6.45, 7) is 4.10. The third-order valence-corrected chi connectivity index (χ3v) is 1.93. The summed E-state index contributed by atoms with van der Waals surface area (Å²) in [6, 6.07) is -0.280. The van der Waals surface area contributed by atoms with Crippen LogP contribution in [0.15, 0.2) is 0 Å². The van der Waals surface area contributed by atoms with Crippen LogP contribution >= 0.6 is 0 Å². The first-order valence-electron chi connectivity index (χ1n) is 3.63. The normalized spacial score (nSPS) is 20.5. The Kier molecular flexibility index (Phi) is 2.24. The molecule has 0 saturated carbocycles. The number of Topliss-reactive ketones (excluding diaryl/α,β-unsaturated/α-hetero) is 1. The SMILES string of the molecule is CC(=O)C(C)N1CNCC1=O. The highest BCUT2D eigenvalue weighted by molar-refractivity contribution is 5.88. The molecule has 1 saturated heterocycles. The largest absolute Gasteiger partial charge is 0.319 e. The van der Waals surface area contributed by atoms with Crippen LogP contribution < -0.4 is 5.32 Å². The van der Waals surface area contributed by atoms with Crippen molar-refractivity contribution in [3.8, 4) is 0 Å². The number of hydrogen-bond acceptors (Lipinski definition) is 3. The topological polar surface area (TPSA) is 49.4 Å². The Labute approximate surface area is 65.6 Å². The second kappa shape index (κ2) is 3.00. The molecular weight excluding hydrogens is 144 g/mol. The van der Waals surface area contributed by atoms with Crippen molar-refractivity contribution in [3.05, 3.63) is 0 Å². The van der Waals surface area contributed by atoms with E-state index < -0.39 is 0 Å². The number of rotatable bonds is 2. The van der Waals surface area contributed by atoms with Crippen molar-refractivity contribution >= 4 is 11.7 Å². The minimum Gasteiger partial charge on any atom is -0.319 e. The predicted octanol–water partition coefficient (Wildman–Crippen LogP) is -0.647. The minimum atomic E-state index is -0.280. The molecule has 1 heterocycles. The van der Waals surface area contributed by atoms with Crippen molar-refractivity contribution in [1.82, 2.24) is 10.2 Å². The van der Waals surface area contributed by atoms with E-state index in [1.165, 1.54) is 6.92 Å². The van der Waals surface area contributed by atoms with Gasteiger partial charge < -0.3 is 4.90 Å². The van der Waals surface area contributed by atoms with E-state index in [4.69, 9.17) is 0 Å². The molecule has 4 heteroatoms. The third-order valence-electron chi connectivity index (χ3n) is 1.93. The molecule has 1 aliphatic rings. The van der Waals surface area contributed by atoms with E-state index in [0.717, 1.165) is 0 Å². The van der Waals surface area contributed by atoms with E-state index in [9.17, 15) is 9.59 Å². The van der Waals surface area contributed by atoms with Gasteiger partial charge in [-0.15, -0.1) is 0 Å². The molecule has 62 valence electrons. The molecule has 1 amide bonds. The van der Waals surface area contributed by atoms with Gasteiger partial charge in [0.15, 0.2) is 5.78 Å². The van der Waals surface area contributed by atoms with Gasteiger partial charge in [-0.05, 0) is 13.8 Å². The highest BCUT2D eigenvalue weighted by Crippen LogP contribution is 2.03. The van der Waals surface area contributed by atoms with Gasteiger partial charge in [0.05, 0.1) is 19.3 Å². The van der Waals surface area contributed by atoms with Crippen molar-refractivity contribution in [3.63, 3.8) is 0 Å². The van der Waals surface area contributed by atoms with Crippen molar-refractivity contribution < 1.29 is 9.59 Å². The summed E-state index contributed by atoms with van der Waals surface area (Å²) in [5.41, 5.74) is 0. The molecule has 11 heavy (non-hydrogen) atoms. The maximum absolute atomic E-state index is 11.0. The van der Waals surface area contributed by atoms with Crippen LogP contribution in [-0.2, 0) is 9.59 Å². The Morgan fingerprint density at radius 1 is 1.73 bits per heavy atom. The molecule has 1 unspecified atom stereocenters. The van der Waals surface area contributed by atoms with E-state index in [2.05, 4.69) is 5.32 Å². The van der Waals surface area contributed by atoms with Gasteiger partial charge in [0.1, 0.15) is 0 Å². The summed E-state index contributed by atoms with van der Waals surface area (Å²) in [5.74, 6) is 0.0368. The quantitative estimate of drug-likeness (QED) is 0.578. The summed E-state index contributed by atoms with van der Waals surface area (Å²) in [4.78, 5) is 23.4. The fraction of sp³-hybridized carbons (Fsp3) is 0.714. The molecule has 0 spiro atoms. The van der Waals surface area contributed by atoms with Crippen molar-refractivity contribution in [2.24, 2.45) is 0 Å². The van der Waals surface area contributed by atoms with E-state index in [1.54, 1.807) is 11.8 Å². The molecule has 1 aliphatic heterocycles. The Bertz CT molecular complexity index is 191. The molecule has 1 rings (SSSR count). The van der Waals surface area contributed by atoms with E-state index in [1.807, 2.05) is 0 Å². The van der Waals surface area contributed by atoms with Gasteiger partial charge in [-0.25, -0.2) is 0 Å². The average molecular weight is 156 g/mol. The highest BCUT2D eigenvalue weighted by Gasteiger charge is 2.26. The van der Waals surface area contributed by atoms with Crippen LogP contribution in [0, 0.1) is 0 Å². The van der Waals surface area contributed by atoms with Gasteiger partial charge in [0, 0.05) is 0 Å². The Morgan fingerprint density at radius 2 is 2.36 bits per heavy atom. The molecule has 0 bridgehead atoms. The third kappa shape index (κ3) is 1.57. The molecule has 0 aromatic carbocycles. The Morgan fingerprint density at radius 3 is 2.73 bits per heavy atom. The summed E-state index contributed by atoms with van der Waals surface area (Å²) in [6.07, 6.45) is 0. The second-order valence-corrected chi connectivity index (χ2v) is 2.74. The maximum Gasteiger partial charge on any atom is 0.238 e. The lowest BCUT2D eigenvalue weighted by Crippen LogP contribution is -2.39. The van der Waals surface area contributed by atoms with Crippen molar-refractivity contribution in [1.29, 1.82) is 0 Å². The Hall–Kier alpha value is -0.900. The molecule has 0 aromatic rings. The fourth-order valence-corrected chi connectivity index (χ4v) is 1.05. The fourth-order valence-electron chi connectivity index (χ4n) is 1.05. The lowest BCUT2D eigenvalue weighted by Gasteiger charge is -2.20. The standard InChI is InChI=1S/C7H12N2O2/c1-5(6(2)10)9-4-8-3-7(9)11/h5,8H,3-4H2,1-2H3. The summed E-state index contributed by atoms with van der Waals surface area (Å²) < 4.78 is 0. The number of nitrogens with zero attached hydrogens (tertiary/aromatic N) is 1. The molecule has 1 fully saturated rings. The monoisotopic (exact) mass is 156 g/mol. The first kappa shape index (κ1) is 8.20. The van der Waals surface area contributed by atoms with Crippen LogP contribution in [0.5, 0.6) is 0 Å². The van der Waals surface area contributed by atoms with Gasteiger partial charge >= 0.3 is 0 Å². The van der Waals surface area contributed by atoms with Crippen molar-refractivity contribution in [2.75, 3.05) is 13.2 Å². The highest BCUT2D eigenvalue weighted by atomic mass is 16.2. The molecule has 1 atom stereocenters.